The van der Waals surface area contributed by atoms with Crippen LogP contribution < -0.4 is 10.4 Å². The van der Waals surface area contributed by atoms with E-state index in [1.807, 2.05) is 77.9 Å². The lowest BCUT2D eigenvalue weighted by Gasteiger charge is -2.25. The van der Waals surface area contributed by atoms with E-state index in [9.17, 15) is 14.7 Å². The first-order chi connectivity index (χ1) is 17.9. The zero-order valence-electron chi connectivity index (χ0n) is 22.7. The highest BCUT2D eigenvalue weighted by Crippen LogP contribution is 2.38. The largest absolute Gasteiger partial charge is 0.478 e. The van der Waals surface area contributed by atoms with E-state index in [1.54, 1.807) is 18.2 Å². The lowest BCUT2D eigenvalue weighted by molar-refractivity contribution is 0.0533. The molecule has 0 saturated carbocycles. The summed E-state index contributed by atoms with van der Waals surface area (Å²) in [7, 11) is -1.68. The summed E-state index contributed by atoms with van der Waals surface area (Å²) >= 11 is 0. The zero-order chi connectivity index (χ0) is 27.7. The Morgan fingerprint density at radius 1 is 0.816 bits per heavy atom. The van der Waals surface area contributed by atoms with Gasteiger partial charge in [0.25, 0.3) is 9.04 Å². The molecule has 0 amide bonds. The van der Waals surface area contributed by atoms with Gasteiger partial charge in [0.05, 0.1) is 23.4 Å². The maximum Gasteiger partial charge on any atom is 0.419 e. The van der Waals surface area contributed by atoms with Gasteiger partial charge in [-0.05, 0) is 54.3 Å². The number of benzene rings is 3. The van der Waals surface area contributed by atoms with Crippen molar-refractivity contribution in [1.82, 2.24) is 4.57 Å². The van der Waals surface area contributed by atoms with Crippen molar-refractivity contribution in [3.63, 3.8) is 0 Å². The van der Waals surface area contributed by atoms with Crippen LogP contribution in [0.5, 0.6) is 0 Å². The highest BCUT2D eigenvalue weighted by Gasteiger charge is 2.33. The first kappa shape index (κ1) is 27.4. The third kappa shape index (κ3) is 5.74. The number of carboxylic acids is 1. The van der Waals surface area contributed by atoms with Gasteiger partial charge in [0.15, 0.2) is 0 Å². The van der Waals surface area contributed by atoms with Gasteiger partial charge < -0.3 is 14.3 Å². The SMILES string of the molecule is CC(C)(C)OC(=O)n1c(CO[Si](c2ccccc2)c2ccccc2)c(C(C)(C)C)c2c(C(=O)O)cccc21. The molecule has 4 aromatic rings. The van der Waals surface area contributed by atoms with Gasteiger partial charge in [0.2, 0.25) is 0 Å². The van der Waals surface area contributed by atoms with Crippen LogP contribution in [0, 0.1) is 0 Å². The Morgan fingerprint density at radius 2 is 1.37 bits per heavy atom. The number of hydrogen-bond donors (Lipinski definition) is 1. The number of rotatable bonds is 6. The van der Waals surface area contributed by atoms with Gasteiger partial charge in [-0.15, -0.1) is 0 Å². The molecule has 38 heavy (non-hydrogen) atoms. The number of ether oxygens (including phenoxy) is 1. The Labute approximate surface area is 225 Å². The van der Waals surface area contributed by atoms with Crippen molar-refractivity contribution >= 4 is 42.4 Å². The quantitative estimate of drug-likeness (QED) is 0.323. The molecule has 197 valence electrons. The van der Waals surface area contributed by atoms with Crippen LogP contribution >= 0.6 is 0 Å². The minimum absolute atomic E-state index is 0.109. The molecule has 0 bridgehead atoms. The Kier molecular flexibility index (Phi) is 7.62. The van der Waals surface area contributed by atoms with E-state index in [0.717, 1.165) is 15.9 Å². The Hall–Kier alpha value is -3.68. The average molecular weight is 529 g/mol. The van der Waals surface area contributed by atoms with Crippen molar-refractivity contribution in [1.29, 1.82) is 0 Å². The molecule has 0 aliphatic carbocycles. The second-order valence-electron chi connectivity index (χ2n) is 11.2. The molecule has 0 spiro atoms. The van der Waals surface area contributed by atoms with Gasteiger partial charge in [-0.25, -0.2) is 14.2 Å². The van der Waals surface area contributed by atoms with Crippen molar-refractivity contribution < 1.29 is 23.9 Å². The average Bonchev–Trinajstić information content (AvgIpc) is 3.19. The molecule has 0 unspecified atom stereocenters. The van der Waals surface area contributed by atoms with Crippen LogP contribution in [0.1, 0.15) is 63.2 Å². The van der Waals surface area contributed by atoms with Crippen molar-refractivity contribution in [2.45, 2.75) is 59.2 Å². The van der Waals surface area contributed by atoms with E-state index < -0.39 is 32.1 Å². The molecule has 0 aliphatic rings. The van der Waals surface area contributed by atoms with Gasteiger partial charge in [-0.2, -0.15) is 0 Å². The molecular weight excluding hydrogens is 494 g/mol. The van der Waals surface area contributed by atoms with Gasteiger partial charge in [0, 0.05) is 5.39 Å². The standard InChI is InChI=1S/C31H34NO5Si/c1-30(2,3)27-25(20-36-38(21-14-9-7-10-15-21)22-16-11-8-12-17-22)32(29(35)37-31(4,5)6)24-19-13-18-23(26(24)27)28(33)34/h7-19H,20H2,1-6H3,(H,33,34). The van der Waals surface area contributed by atoms with Crippen LogP contribution in [0.3, 0.4) is 0 Å². The van der Waals surface area contributed by atoms with E-state index in [2.05, 4.69) is 24.3 Å². The Morgan fingerprint density at radius 3 is 1.84 bits per heavy atom. The van der Waals surface area contributed by atoms with Crippen LogP contribution in [0.2, 0.25) is 0 Å². The maximum absolute atomic E-state index is 13.6. The van der Waals surface area contributed by atoms with Crippen LogP contribution in [0.4, 0.5) is 4.79 Å². The molecule has 4 rings (SSSR count). The fourth-order valence-electron chi connectivity index (χ4n) is 4.68. The van der Waals surface area contributed by atoms with Gasteiger partial charge >= 0.3 is 12.1 Å². The lowest BCUT2D eigenvalue weighted by Crippen LogP contribution is -2.45. The third-order valence-electron chi connectivity index (χ3n) is 6.07. The number of hydrogen-bond acceptors (Lipinski definition) is 4. The number of carbonyl (C=O) groups excluding carboxylic acids is 1. The summed E-state index contributed by atoms with van der Waals surface area (Å²) in [6, 6.07) is 25.1. The normalized spacial score (nSPS) is 12.2. The first-order valence-corrected chi connectivity index (χ1v) is 14.0. The first-order valence-electron chi connectivity index (χ1n) is 12.6. The fourth-order valence-corrected chi connectivity index (χ4v) is 6.62. The third-order valence-corrected chi connectivity index (χ3v) is 8.22. The summed E-state index contributed by atoms with van der Waals surface area (Å²) in [5.74, 6) is -1.05. The molecule has 0 aliphatic heterocycles. The summed E-state index contributed by atoms with van der Waals surface area (Å²) in [6.45, 7) is 11.6. The van der Waals surface area contributed by atoms with Crippen molar-refractivity contribution in [2.24, 2.45) is 0 Å². The number of aromatic carboxylic acids is 1. The molecule has 3 aromatic carbocycles. The van der Waals surface area contributed by atoms with Gasteiger partial charge in [-0.1, -0.05) is 87.5 Å². The van der Waals surface area contributed by atoms with E-state index in [1.165, 1.54) is 4.57 Å². The topological polar surface area (TPSA) is 77.8 Å². The number of aromatic nitrogens is 1. The molecule has 1 N–H and O–H groups in total. The zero-order valence-corrected chi connectivity index (χ0v) is 23.7. The molecule has 0 fully saturated rings. The summed E-state index contributed by atoms with van der Waals surface area (Å²) in [6.07, 6.45) is -0.563. The van der Waals surface area contributed by atoms with Crippen LogP contribution in [0.15, 0.2) is 78.9 Å². The maximum atomic E-state index is 13.6. The number of carboxylic acid groups (broad SMARTS) is 1. The molecule has 6 nitrogen and oxygen atoms in total. The van der Waals surface area contributed by atoms with Crippen molar-refractivity contribution in [3.8, 4) is 0 Å². The predicted octanol–water partition coefficient (Wildman–Crippen LogP) is 5.74. The highest BCUT2D eigenvalue weighted by atomic mass is 28.3. The molecule has 7 heteroatoms. The summed E-state index contributed by atoms with van der Waals surface area (Å²) in [4.78, 5) is 25.9. The minimum atomic E-state index is -1.68. The molecule has 1 heterocycles. The smallest absolute Gasteiger partial charge is 0.419 e. The van der Waals surface area contributed by atoms with Gasteiger partial charge in [0.1, 0.15) is 5.60 Å². The monoisotopic (exact) mass is 528 g/mol. The molecule has 1 aromatic heterocycles. The minimum Gasteiger partial charge on any atom is -0.478 e. The number of fused-ring (bicyclic) bond motifs is 1. The van der Waals surface area contributed by atoms with Crippen LogP contribution in [-0.4, -0.2) is 36.4 Å². The number of nitrogens with zero attached hydrogens (tertiary/aromatic N) is 1. The second kappa shape index (κ2) is 10.6. The summed E-state index contributed by atoms with van der Waals surface area (Å²) in [5, 5.41) is 12.7. The summed E-state index contributed by atoms with van der Waals surface area (Å²) < 4.78 is 14.0. The molecular formula is C31H34NO5Si. The molecule has 1 radical (unpaired) electrons. The van der Waals surface area contributed by atoms with Crippen LogP contribution in [-0.2, 0) is 21.2 Å². The van der Waals surface area contributed by atoms with E-state index >= 15 is 0 Å². The van der Waals surface area contributed by atoms with Crippen LogP contribution in [0.25, 0.3) is 10.9 Å². The van der Waals surface area contributed by atoms with E-state index in [-0.39, 0.29) is 12.2 Å². The Balaban J connectivity index is 1.93. The summed E-state index contributed by atoms with van der Waals surface area (Å²) in [5.41, 5.74) is 0.788. The van der Waals surface area contributed by atoms with E-state index in [0.29, 0.717) is 16.6 Å². The van der Waals surface area contributed by atoms with Gasteiger partial charge in [-0.3, -0.25) is 0 Å². The van der Waals surface area contributed by atoms with Crippen molar-refractivity contribution in [3.05, 3.63) is 95.7 Å². The fraction of sp³-hybridized carbons (Fsp3) is 0.290. The highest BCUT2D eigenvalue weighted by molar-refractivity contribution is 6.80. The Bertz CT molecular complexity index is 1410. The predicted molar refractivity (Wildman–Crippen MR) is 152 cm³/mol. The second-order valence-corrected chi connectivity index (χ2v) is 13.3. The van der Waals surface area contributed by atoms with Crippen molar-refractivity contribution in [2.75, 3.05) is 0 Å². The van der Waals surface area contributed by atoms with E-state index in [4.69, 9.17) is 9.16 Å². The molecule has 0 atom stereocenters. The number of carbonyl (C=O) groups is 2. The molecule has 0 saturated heterocycles. The lowest BCUT2D eigenvalue weighted by atomic mass is 9.83.